The number of hydrogen-bond donors (Lipinski definition) is 6. The summed E-state index contributed by atoms with van der Waals surface area (Å²) in [4.78, 5) is 21.3. The Bertz CT molecular complexity index is 1150. The molecule has 1 aliphatic heterocycles. The van der Waals surface area contributed by atoms with Crippen LogP contribution in [0.5, 0.6) is 0 Å². The van der Waals surface area contributed by atoms with E-state index in [4.69, 9.17) is 5.26 Å². The van der Waals surface area contributed by atoms with Gasteiger partial charge in [0, 0.05) is 36.6 Å². The van der Waals surface area contributed by atoms with Gasteiger partial charge in [0.05, 0.1) is 18.5 Å². The average Bonchev–Trinajstić information content (AvgIpc) is 3.50. The summed E-state index contributed by atoms with van der Waals surface area (Å²) in [6.07, 6.45) is 2.26. The number of benzene rings is 1. The number of carbonyl (C=O) groups excluding carboxylic acids is 1. The fourth-order valence-electron chi connectivity index (χ4n) is 3.61. The van der Waals surface area contributed by atoms with Gasteiger partial charge in [0.15, 0.2) is 5.82 Å². The summed E-state index contributed by atoms with van der Waals surface area (Å²) >= 11 is 0. The lowest BCUT2D eigenvalue weighted by atomic mass is 10.1. The van der Waals surface area contributed by atoms with E-state index < -0.39 is 0 Å². The van der Waals surface area contributed by atoms with Crippen molar-refractivity contribution in [2.24, 2.45) is 0 Å². The molecule has 11 heteroatoms. The van der Waals surface area contributed by atoms with Crippen LogP contribution in [0, 0.1) is 18.3 Å². The van der Waals surface area contributed by atoms with Gasteiger partial charge in [-0.05, 0) is 44.0 Å². The van der Waals surface area contributed by atoms with Crippen LogP contribution in [0.15, 0.2) is 36.4 Å². The van der Waals surface area contributed by atoms with Crippen molar-refractivity contribution in [1.82, 2.24) is 30.8 Å². The highest BCUT2D eigenvalue weighted by Crippen LogP contribution is 2.21. The normalized spacial score (nSPS) is 14.9. The second kappa shape index (κ2) is 11.1. The zero-order valence-corrected chi connectivity index (χ0v) is 19.0. The molecule has 0 bridgehead atoms. The van der Waals surface area contributed by atoms with Gasteiger partial charge >= 0.3 is 0 Å². The third-order valence-corrected chi connectivity index (χ3v) is 5.29. The van der Waals surface area contributed by atoms with Crippen molar-refractivity contribution in [1.29, 1.82) is 5.26 Å². The van der Waals surface area contributed by atoms with Crippen LogP contribution in [0.4, 0.5) is 29.1 Å². The first-order chi connectivity index (χ1) is 16.6. The van der Waals surface area contributed by atoms with Crippen molar-refractivity contribution in [2.45, 2.75) is 32.2 Å². The molecule has 3 aromatic rings. The molecule has 1 aliphatic rings. The Morgan fingerprint density at radius 1 is 1.12 bits per heavy atom. The fourth-order valence-corrected chi connectivity index (χ4v) is 3.61. The van der Waals surface area contributed by atoms with E-state index in [1.807, 2.05) is 37.3 Å². The van der Waals surface area contributed by atoms with Gasteiger partial charge in [-0.15, -0.1) is 0 Å². The highest BCUT2D eigenvalue weighted by molar-refractivity contribution is 5.82. The third-order valence-electron chi connectivity index (χ3n) is 5.29. The number of nitriles is 1. The molecule has 34 heavy (non-hydrogen) atoms. The molecule has 0 saturated carbocycles. The summed E-state index contributed by atoms with van der Waals surface area (Å²) in [5, 5.41) is 31.7. The van der Waals surface area contributed by atoms with Gasteiger partial charge in [0.25, 0.3) is 0 Å². The first-order valence-electron chi connectivity index (χ1n) is 11.2. The van der Waals surface area contributed by atoms with Crippen LogP contribution < -0.4 is 26.6 Å². The number of nitrogens with zero attached hydrogens (tertiary/aromatic N) is 4. The quantitative estimate of drug-likeness (QED) is 0.250. The van der Waals surface area contributed by atoms with Gasteiger partial charge in [-0.2, -0.15) is 20.3 Å². The van der Waals surface area contributed by atoms with Crippen LogP contribution in [0.3, 0.4) is 0 Å². The van der Waals surface area contributed by atoms with E-state index in [0.29, 0.717) is 42.9 Å². The first kappa shape index (κ1) is 23.0. The molecule has 0 aliphatic carbocycles. The molecule has 6 N–H and O–H groups in total. The zero-order chi connectivity index (χ0) is 23.8. The lowest BCUT2D eigenvalue weighted by Gasteiger charge is -2.13. The number of aryl methyl sites for hydroxylation is 1. The largest absolute Gasteiger partial charge is 0.368 e. The van der Waals surface area contributed by atoms with Crippen molar-refractivity contribution in [3.8, 4) is 6.07 Å². The fraction of sp³-hybridized carbons (Fsp3) is 0.348. The standard InChI is InChI=1S/C23H28N10O/c1-15-13-21(33-32-15)29-20-14-19(26-11-12-27-22(34)18-3-2-10-25-18)30-23(31-20)28-17-6-4-16(5-7-17)8-9-24/h4-7,13-14,18,25H,2-3,8,10-12H2,1H3,(H,27,34)(H4,26,28,29,30,31,32,33)/t18-/m0/s1. The minimum Gasteiger partial charge on any atom is -0.368 e. The van der Waals surface area contributed by atoms with E-state index in [2.05, 4.69) is 52.8 Å². The molecule has 1 saturated heterocycles. The number of rotatable bonds is 10. The molecule has 176 valence electrons. The first-order valence-corrected chi connectivity index (χ1v) is 11.2. The Balaban J connectivity index is 1.42. The number of nitrogens with one attached hydrogen (secondary N) is 6. The molecular formula is C23H28N10O. The molecule has 11 nitrogen and oxygen atoms in total. The zero-order valence-electron chi connectivity index (χ0n) is 19.0. The molecule has 1 fully saturated rings. The lowest BCUT2D eigenvalue weighted by Crippen LogP contribution is -2.42. The SMILES string of the molecule is Cc1cc(Nc2cc(NCCNC(=O)[C@@H]3CCCN3)nc(Nc3ccc(CC#N)cc3)n2)n[nH]1. The number of carbonyl (C=O) groups is 1. The molecular weight excluding hydrogens is 432 g/mol. The minimum atomic E-state index is -0.0949. The topological polar surface area (TPSA) is 155 Å². The smallest absolute Gasteiger partial charge is 0.237 e. The van der Waals surface area contributed by atoms with Gasteiger partial charge in [-0.25, -0.2) is 0 Å². The van der Waals surface area contributed by atoms with Gasteiger partial charge in [0.2, 0.25) is 11.9 Å². The third kappa shape index (κ3) is 6.43. The van der Waals surface area contributed by atoms with Gasteiger partial charge in [0.1, 0.15) is 11.6 Å². The number of amides is 1. The Morgan fingerprint density at radius 2 is 1.94 bits per heavy atom. The number of aromatic nitrogens is 4. The van der Waals surface area contributed by atoms with E-state index in [1.165, 1.54) is 0 Å². The molecule has 0 radical (unpaired) electrons. The lowest BCUT2D eigenvalue weighted by molar-refractivity contribution is -0.122. The van der Waals surface area contributed by atoms with Gasteiger partial charge in [-0.1, -0.05) is 12.1 Å². The second-order valence-corrected chi connectivity index (χ2v) is 8.05. The summed E-state index contributed by atoms with van der Waals surface area (Å²) in [5.41, 5.74) is 2.67. The van der Waals surface area contributed by atoms with Gasteiger partial charge in [-0.3, -0.25) is 9.89 Å². The van der Waals surface area contributed by atoms with E-state index >= 15 is 0 Å². The minimum absolute atomic E-state index is 0.0282. The maximum atomic E-state index is 12.2. The van der Waals surface area contributed by atoms with Gasteiger partial charge < -0.3 is 26.6 Å². The van der Waals surface area contributed by atoms with Crippen LogP contribution in [-0.4, -0.2) is 51.7 Å². The maximum absolute atomic E-state index is 12.2. The molecule has 0 unspecified atom stereocenters. The Hall–Kier alpha value is -4.17. The molecule has 0 spiro atoms. The van der Waals surface area contributed by atoms with Crippen LogP contribution in [0.2, 0.25) is 0 Å². The van der Waals surface area contributed by atoms with Crippen molar-refractivity contribution < 1.29 is 4.79 Å². The van der Waals surface area contributed by atoms with Crippen LogP contribution in [0.25, 0.3) is 0 Å². The predicted molar refractivity (Wildman–Crippen MR) is 130 cm³/mol. The van der Waals surface area contributed by atoms with Crippen molar-refractivity contribution in [3.05, 3.63) is 47.7 Å². The number of H-pyrrole nitrogens is 1. The van der Waals surface area contributed by atoms with E-state index in [-0.39, 0.29) is 11.9 Å². The molecule has 4 rings (SSSR count). The summed E-state index contributed by atoms with van der Waals surface area (Å²) in [6, 6.07) is 13.3. The number of aromatic amines is 1. The Morgan fingerprint density at radius 3 is 2.65 bits per heavy atom. The Kier molecular flexibility index (Phi) is 7.52. The predicted octanol–water partition coefficient (Wildman–Crippen LogP) is 2.34. The van der Waals surface area contributed by atoms with Crippen LogP contribution in [0.1, 0.15) is 24.1 Å². The maximum Gasteiger partial charge on any atom is 0.237 e. The molecule has 1 aromatic carbocycles. The Labute approximate surface area is 197 Å². The highest BCUT2D eigenvalue weighted by atomic mass is 16.2. The van der Waals surface area contributed by atoms with Crippen LogP contribution in [-0.2, 0) is 11.2 Å². The van der Waals surface area contributed by atoms with Crippen molar-refractivity contribution >= 4 is 35.0 Å². The number of anilines is 5. The number of hydrogen-bond acceptors (Lipinski definition) is 9. The second-order valence-electron chi connectivity index (χ2n) is 8.05. The van der Waals surface area contributed by atoms with E-state index in [0.717, 1.165) is 36.3 Å². The summed E-state index contributed by atoms with van der Waals surface area (Å²) in [5.74, 6) is 2.23. The molecule has 3 heterocycles. The molecule has 2 aromatic heterocycles. The van der Waals surface area contributed by atoms with E-state index in [9.17, 15) is 4.79 Å². The molecule has 1 amide bonds. The monoisotopic (exact) mass is 460 g/mol. The molecule has 1 atom stereocenters. The van der Waals surface area contributed by atoms with Crippen molar-refractivity contribution in [2.75, 3.05) is 35.6 Å². The van der Waals surface area contributed by atoms with E-state index in [1.54, 1.807) is 6.07 Å². The summed E-state index contributed by atoms with van der Waals surface area (Å²) in [7, 11) is 0. The van der Waals surface area contributed by atoms with Crippen LogP contribution >= 0.6 is 0 Å². The summed E-state index contributed by atoms with van der Waals surface area (Å²) < 4.78 is 0. The van der Waals surface area contributed by atoms with Crippen molar-refractivity contribution in [3.63, 3.8) is 0 Å². The average molecular weight is 461 g/mol. The summed E-state index contributed by atoms with van der Waals surface area (Å²) in [6.45, 7) is 3.80. The highest BCUT2D eigenvalue weighted by Gasteiger charge is 2.21.